The Bertz CT molecular complexity index is 900. The number of rotatable bonds is 3. The summed E-state index contributed by atoms with van der Waals surface area (Å²) in [6.07, 6.45) is 7.79. The molecule has 5 nitrogen and oxygen atoms in total. The van der Waals surface area contributed by atoms with Crippen molar-refractivity contribution in [3.63, 3.8) is 0 Å². The summed E-state index contributed by atoms with van der Waals surface area (Å²) in [5.41, 5.74) is 0.960. The molecule has 0 amide bonds. The Morgan fingerprint density at radius 3 is 1.92 bits per heavy atom. The molecule has 2 aliphatic rings. The second kappa shape index (κ2) is 22.1. The van der Waals surface area contributed by atoms with E-state index in [1.807, 2.05) is 19.1 Å². The van der Waals surface area contributed by atoms with Crippen LogP contribution in [0.2, 0.25) is 0 Å². The standard InChI is InChI=1S/C10H11BrF2N2.C6H6BrNO.C4H7F2N.C3H7.3HI.V/c11-9-3-8(4-14-5-9)6-15-2-1-10(12,13)7-15;1-9-6-2-5(7)3-8-4-6;5-4(6)1-2-7-3-4;1-3-2;;;;/h3-5H,1-2,6-7H2;2-4H,1H3;7H,1-3H2;1,3H2,2H3;3*1H;/q;;;-1;;;;+3/p-2. The molecule has 0 atom stereocenters. The van der Waals surface area contributed by atoms with Gasteiger partial charge in [-0.05, 0) is 49.6 Å². The van der Waals surface area contributed by atoms with Gasteiger partial charge in [0.1, 0.15) is 12.3 Å². The van der Waals surface area contributed by atoms with Gasteiger partial charge in [0.25, 0.3) is 5.92 Å². The van der Waals surface area contributed by atoms with Gasteiger partial charge in [0.2, 0.25) is 0 Å². The van der Waals surface area contributed by atoms with E-state index in [0.29, 0.717) is 19.6 Å². The number of hydrogen-bond donors (Lipinski definition) is 1. The first-order valence-corrected chi connectivity index (χ1v) is 26.4. The van der Waals surface area contributed by atoms with Gasteiger partial charge in [-0.2, -0.15) is 6.42 Å². The predicted molar refractivity (Wildman–Crippen MR) is 174 cm³/mol. The number of nitrogens with two attached hydrogens (primary N) is 1. The fraction of sp³-hybridized carbons (Fsp3) is 0.522. The molecule has 0 saturated carbocycles. The number of alkyl halides is 4. The van der Waals surface area contributed by atoms with Crippen LogP contribution in [0.25, 0.3) is 0 Å². The number of quaternary nitrogens is 1. The molecule has 2 aromatic heterocycles. The molecule has 0 aliphatic carbocycles. The summed E-state index contributed by atoms with van der Waals surface area (Å²) in [6, 6.07) is 3.76. The van der Waals surface area contributed by atoms with Crippen LogP contribution in [0.15, 0.2) is 45.9 Å². The van der Waals surface area contributed by atoms with Gasteiger partial charge >= 0.3 is 70.8 Å². The summed E-state index contributed by atoms with van der Waals surface area (Å²) in [4.78, 5) is 9.36. The van der Waals surface area contributed by atoms with Crippen LogP contribution < -0.4 is 10.1 Å². The molecule has 0 unspecified atom stereocenters. The minimum atomic E-state index is -2.51. The Morgan fingerprint density at radius 2 is 1.58 bits per heavy atom. The number of hydrogen-bond acceptors (Lipinski definition) is 4. The van der Waals surface area contributed by atoms with Crippen molar-refractivity contribution in [3.8, 4) is 5.75 Å². The van der Waals surface area contributed by atoms with Crippen molar-refractivity contribution >= 4 is 91.8 Å². The van der Waals surface area contributed by atoms with Gasteiger partial charge in [-0.25, -0.2) is 17.6 Å². The third kappa shape index (κ3) is 22.1. The van der Waals surface area contributed by atoms with E-state index in [1.165, 1.54) is 0 Å². The molecule has 2 aromatic rings. The van der Waals surface area contributed by atoms with Gasteiger partial charge in [0.05, 0.1) is 32.8 Å². The van der Waals surface area contributed by atoms with Crippen molar-refractivity contribution in [2.24, 2.45) is 0 Å². The SMILES string of the molecule is COc1cncc(Br)c1.FC1(F)CCN(Cc2cncc(Br)c2)C1.FC1(F)CC[NH2+]C1.[CH2-]CC.[I][V]([I])[I]. The number of pyridine rings is 2. The summed E-state index contributed by atoms with van der Waals surface area (Å²) < 4.78 is 56.4. The molecule has 4 heterocycles. The fourth-order valence-corrected chi connectivity index (χ4v) is 3.73. The zero-order chi connectivity index (χ0) is 29.2. The van der Waals surface area contributed by atoms with Gasteiger partial charge in [-0.15, -0.1) is 0 Å². The zero-order valence-electron chi connectivity index (χ0n) is 21.0. The maximum atomic E-state index is 12.9. The number of methoxy groups -OCH3 is 1. The summed E-state index contributed by atoms with van der Waals surface area (Å²) in [7, 11) is 1.61. The third-order valence-corrected chi connectivity index (χ3v) is 5.36. The first-order chi connectivity index (χ1) is 17.7. The predicted octanol–water partition coefficient (Wildman–Crippen LogP) is 8.01. The summed E-state index contributed by atoms with van der Waals surface area (Å²) >= 11 is 14.0. The van der Waals surface area contributed by atoms with Crippen LogP contribution in [-0.2, 0) is 11.5 Å². The van der Waals surface area contributed by atoms with Gasteiger partial charge in [-0.3, -0.25) is 14.9 Å². The molecule has 218 valence electrons. The molecule has 0 spiro atoms. The average molecular weight is 1050 g/mol. The van der Waals surface area contributed by atoms with Crippen LogP contribution >= 0.6 is 91.8 Å². The number of aromatic nitrogens is 2. The van der Waals surface area contributed by atoms with E-state index in [2.05, 4.69) is 109 Å². The molecule has 15 heteroatoms. The fourth-order valence-electron chi connectivity index (χ4n) is 2.97. The van der Waals surface area contributed by atoms with E-state index < -0.39 is 11.8 Å². The van der Waals surface area contributed by atoms with Crippen LogP contribution in [0.3, 0.4) is 0 Å². The van der Waals surface area contributed by atoms with Gasteiger partial charge in [0.15, 0.2) is 0 Å². The minimum absolute atomic E-state index is 0.00694. The normalized spacial score (nSPS) is 17.0. The van der Waals surface area contributed by atoms with Gasteiger partial charge in [0, 0.05) is 47.0 Å². The van der Waals surface area contributed by atoms with Gasteiger partial charge < -0.3 is 17.0 Å². The molecular weight excluding hydrogens is 1020 g/mol. The Hall–Kier alpha value is 1.47. The zero-order valence-corrected chi connectivity index (χ0v) is 32.0. The molecule has 2 saturated heterocycles. The molecule has 2 fully saturated rings. The molecule has 4 rings (SSSR count). The van der Waals surface area contributed by atoms with Crippen LogP contribution in [0, 0.1) is 6.92 Å². The number of likely N-dealkylation sites (tertiary alicyclic amines) is 1. The molecule has 2 aliphatic heterocycles. The van der Waals surface area contributed by atoms with E-state index in [0.717, 1.165) is 26.7 Å². The Morgan fingerprint density at radius 1 is 1.03 bits per heavy atom. The first kappa shape index (κ1) is 39.5. The van der Waals surface area contributed by atoms with Crippen molar-refractivity contribution in [1.29, 1.82) is 0 Å². The second-order valence-electron chi connectivity index (χ2n) is 7.95. The Balaban J connectivity index is 0.000000510. The van der Waals surface area contributed by atoms with Crippen molar-refractivity contribution < 1.29 is 32.5 Å². The topological polar surface area (TPSA) is 54.9 Å². The van der Waals surface area contributed by atoms with Crippen LogP contribution in [0.5, 0.6) is 5.75 Å². The summed E-state index contributed by atoms with van der Waals surface area (Å²) in [6.45, 7) is 6.95. The summed E-state index contributed by atoms with van der Waals surface area (Å²) in [5.74, 6) is -4.11. The van der Waals surface area contributed by atoms with E-state index in [-0.39, 0.29) is 30.9 Å². The van der Waals surface area contributed by atoms with E-state index in [1.54, 1.807) is 42.1 Å². The van der Waals surface area contributed by atoms with Crippen molar-refractivity contribution in [2.75, 3.05) is 33.3 Å². The molecule has 0 bridgehead atoms. The van der Waals surface area contributed by atoms with E-state index in [9.17, 15) is 17.6 Å². The Kier molecular flexibility index (Phi) is 22.9. The van der Waals surface area contributed by atoms with Crippen LogP contribution in [0.1, 0.15) is 31.7 Å². The second-order valence-corrected chi connectivity index (χ2v) is 45.2. The van der Waals surface area contributed by atoms with Crippen molar-refractivity contribution in [3.05, 3.63) is 58.4 Å². The summed E-state index contributed by atoms with van der Waals surface area (Å²) in [5, 5.41) is 1.64. The third-order valence-electron chi connectivity index (χ3n) is 4.49. The number of nitrogens with zero attached hydrogens (tertiary/aromatic N) is 3. The first-order valence-electron chi connectivity index (χ1n) is 11.3. The van der Waals surface area contributed by atoms with Gasteiger partial charge in [-0.1, -0.05) is 6.92 Å². The quantitative estimate of drug-likeness (QED) is 0.193. The van der Waals surface area contributed by atoms with Crippen molar-refractivity contribution in [2.45, 2.75) is 44.6 Å². The van der Waals surface area contributed by atoms with E-state index in [4.69, 9.17) is 4.74 Å². The van der Waals surface area contributed by atoms with E-state index >= 15 is 0 Å². The molecule has 0 aromatic carbocycles. The molecular formula is C23H32Br2F4I3N4OV. The van der Waals surface area contributed by atoms with Crippen molar-refractivity contribution in [1.82, 2.24) is 14.9 Å². The monoisotopic (exact) mass is 1050 g/mol. The average Bonchev–Trinajstić information content (AvgIpc) is 3.38. The molecule has 0 radical (unpaired) electrons. The molecule has 38 heavy (non-hydrogen) atoms. The number of ether oxygens (including phenoxy) is 1. The molecule has 2 N–H and O–H groups in total. The van der Waals surface area contributed by atoms with Crippen LogP contribution in [0.4, 0.5) is 17.6 Å². The number of halogens is 9. The van der Waals surface area contributed by atoms with Crippen LogP contribution in [-0.4, -0.2) is 60.0 Å². The Labute approximate surface area is 277 Å². The maximum absolute atomic E-state index is 12.9.